The van der Waals surface area contributed by atoms with E-state index in [1.807, 2.05) is 17.0 Å². The molecule has 0 radical (unpaired) electrons. The quantitative estimate of drug-likeness (QED) is 0.796. The molecule has 2 rings (SSSR count). The van der Waals surface area contributed by atoms with Gasteiger partial charge in [-0.1, -0.05) is 0 Å². The highest BCUT2D eigenvalue weighted by Gasteiger charge is 2.34. The van der Waals surface area contributed by atoms with E-state index in [1.165, 1.54) is 0 Å². The Morgan fingerprint density at radius 1 is 1.44 bits per heavy atom. The zero-order valence-electron chi connectivity index (χ0n) is 11.0. The summed E-state index contributed by atoms with van der Waals surface area (Å²) in [4.78, 5) is 20.8. The minimum atomic E-state index is 0.00338. The Labute approximate surface area is 116 Å². The molecule has 4 nitrogen and oxygen atoms in total. The molecule has 0 aromatic carbocycles. The average molecular weight is 312 g/mol. The number of nitrogens with zero attached hydrogens (tertiary/aromatic N) is 3. The molecule has 1 aliphatic heterocycles. The number of hydrogen-bond donors (Lipinski definition) is 0. The standard InChI is InChI=1S/C13H18BrN3O/c1-13(2)9-17(8-7-16(13)3)12(18)11-10(14)5-4-6-15-11/h4-6H,7-9H2,1-3H3. The summed E-state index contributed by atoms with van der Waals surface area (Å²) in [6, 6.07) is 3.66. The minimum absolute atomic E-state index is 0.00338. The average Bonchev–Trinajstić information content (AvgIpc) is 2.32. The highest BCUT2D eigenvalue weighted by atomic mass is 79.9. The van der Waals surface area contributed by atoms with Crippen LogP contribution < -0.4 is 0 Å². The number of likely N-dealkylation sites (N-methyl/N-ethyl adjacent to an activating group) is 1. The predicted molar refractivity (Wildman–Crippen MR) is 74.5 cm³/mol. The van der Waals surface area contributed by atoms with Gasteiger partial charge >= 0.3 is 0 Å². The summed E-state index contributed by atoms with van der Waals surface area (Å²) in [5.41, 5.74) is 0.507. The van der Waals surface area contributed by atoms with Gasteiger partial charge < -0.3 is 4.90 Å². The van der Waals surface area contributed by atoms with Crippen LogP contribution in [0.2, 0.25) is 0 Å². The number of hydrogen-bond acceptors (Lipinski definition) is 3. The van der Waals surface area contributed by atoms with E-state index in [2.05, 4.69) is 46.7 Å². The molecule has 0 unspecified atom stereocenters. The van der Waals surface area contributed by atoms with Crippen molar-refractivity contribution in [2.45, 2.75) is 19.4 Å². The first kappa shape index (κ1) is 13.5. The van der Waals surface area contributed by atoms with Crippen LogP contribution in [-0.4, -0.2) is 52.9 Å². The molecule has 98 valence electrons. The van der Waals surface area contributed by atoms with E-state index >= 15 is 0 Å². The summed E-state index contributed by atoms with van der Waals surface area (Å²) in [7, 11) is 2.10. The topological polar surface area (TPSA) is 36.4 Å². The Morgan fingerprint density at radius 2 is 2.17 bits per heavy atom. The summed E-state index contributed by atoms with van der Waals surface area (Å²) in [6.07, 6.45) is 1.65. The zero-order chi connectivity index (χ0) is 13.3. The molecule has 0 saturated carbocycles. The van der Waals surface area contributed by atoms with Crippen molar-refractivity contribution >= 4 is 21.8 Å². The number of aromatic nitrogens is 1. The molecule has 0 bridgehead atoms. The van der Waals surface area contributed by atoms with Gasteiger partial charge in [0.15, 0.2) is 0 Å². The minimum Gasteiger partial charge on any atom is -0.334 e. The van der Waals surface area contributed by atoms with Crippen molar-refractivity contribution in [1.29, 1.82) is 0 Å². The Balaban J connectivity index is 2.18. The Kier molecular flexibility index (Phi) is 3.73. The molecular weight excluding hydrogens is 294 g/mol. The lowest BCUT2D eigenvalue weighted by Gasteiger charge is -2.45. The summed E-state index contributed by atoms with van der Waals surface area (Å²) in [5, 5.41) is 0. The van der Waals surface area contributed by atoms with Gasteiger partial charge in [-0.2, -0.15) is 0 Å². The highest BCUT2D eigenvalue weighted by Crippen LogP contribution is 2.22. The SMILES string of the molecule is CN1CCN(C(=O)c2ncccc2Br)CC1(C)C. The molecule has 1 aromatic rings. The lowest BCUT2D eigenvalue weighted by atomic mass is 9.99. The van der Waals surface area contributed by atoms with Crippen LogP contribution in [0.5, 0.6) is 0 Å². The Hall–Kier alpha value is -0.940. The van der Waals surface area contributed by atoms with Crippen LogP contribution in [0.1, 0.15) is 24.3 Å². The van der Waals surface area contributed by atoms with Crippen LogP contribution in [-0.2, 0) is 0 Å². The van der Waals surface area contributed by atoms with Crippen LogP contribution in [0.3, 0.4) is 0 Å². The van der Waals surface area contributed by atoms with Gasteiger partial charge in [0.05, 0.1) is 0 Å². The van der Waals surface area contributed by atoms with Crippen molar-refractivity contribution in [3.8, 4) is 0 Å². The number of rotatable bonds is 1. The van der Waals surface area contributed by atoms with Crippen molar-refractivity contribution < 1.29 is 4.79 Å². The fourth-order valence-electron chi connectivity index (χ4n) is 2.11. The third-order valence-corrected chi connectivity index (χ3v) is 4.20. The predicted octanol–water partition coefficient (Wildman–Crippen LogP) is 2.01. The number of amides is 1. The van der Waals surface area contributed by atoms with Gasteiger partial charge in [0.25, 0.3) is 5.91 Å². The molecule has 0 aliphatic carbocycles. The molecule has 1 aliphatic rings. The van der Waals surface area contributed by atoms with E-state index in [-0.39, 0.29) is 11.4 Å². The van der Waals surface area contributed by atoms with Gasteiger partial charge in [0, 0.05) is 35.8 Å². The van der Waals surface area contributed by atoms with E-state index in [0.29, 0.717) is 5.69 Å². The van der Waals surface area contributed by atoms with Gasteiger partial charge in [0.2, 0.25) is 0 Å². The second-order valence-corrected chi connectivity index (χ2v) is 6.15. The number of carbonyl (C=O) groups excluding carboxylic acids is 1. The maximum Gasteiger partial charge on any atom is 0.273 e. The number of halogens is 1. The zero-order valence-corrected chi connectivity index (χ0v) is 12.6. The van der Waals surface area contributed by atoms with E-state index in [4.69, 9.17) is 0 Å². The summed E-state index contributed by atoms with van der Waals surface area (Å²) in [5.74, 6) is 0.00338. The molecule has 5 heteroatoms. The van der Waals surface area contributed by atoms with Crippen molar-refractivity contribution in [3.05, 3.63) is 28.5 Å². The third kappa shape index (κ3) is 2.57. The fourth-order valence-corrected chi connectivity index (χ4v) is 2.53. The molecule has 0 N–H and O–H groups in total. The van der Waals surface area contributed by atoms with Gasteiger partial charge in [-0.15, -0.1) is 0 Å². The van der Waals surface area contributed by atoms with Crippen molar-refractivity contribution in [1.82, 2.24) is 14.8 Å². The van der Waals surface area contributed by atoms with E-state index in [9.17, 15) is 4.79 Å². The van der Waals surface area contributed by atoms with Crippen LogP contribution in [0, 0.1) is 0 Å². The van der Waals surface area contributed by atoms with Crippen molar-refractivity contribution in [2.75, 3.05) is 26.7 Å². The van der Waals surface area contributed by atoms with Crippen LogP contribution in [0.25, 0.3) is 0 Å². The normalized spacial score (nSPS) is 19.9. The summed E-state index contributed by atoms with van der Waals surface area (Å²) in [6.45, 7) is 6.68. The second kappa shape index (κ2) is 4.97. The van der Waals surface area contributed by atoms with Crippen molar-refractivity contribution in [3.63, 3.8) is 0 Å². The van der Waals surface area contributed by atoms with Gasteiger partial charge in [0.1, 0.15) is 5.69 Å². The first-order valence-corrected chi connectivity index (χ1v) is 6.82. The van der Waals surface area contributed by atoms with Gasteiger partial charge in [-0.3, -0.25) is 9.69 Å². The molecule has 18 heavy (non-hydrogen) atoms. The molecule has 1 fully saturated rings. The van der Waals surface area contributed by atoms with Gasteiger partial charge in [-0.05, 0) is 49.0 Å². The Bertz CT molecular complexity index is 461. The lowest BCUT2D eigenvalue weighted by Crippen LogP contribution is -2.59. The van der Waals surface area contributed by atoms with Crippen LogP contribution in [0.4, 0.5) is 0 Å². The molecule has 0 atom stereocenters. The third-order valence-electron chi connectivity index (χ3n) is 3.56. The largest absolute Gasteiger partial charge is 0.334 e. The number of pyridine rings is 1. The summed E-state index contributed by atoms with van der Waals surface area (Å²) < 4.78 is 0.756. The molecule has 1 saturated heterocycles. The molecule has 0 spiro atoms. The first-order valence-electron chi connectivity index (χ1n) is 6.03. The highest BCUT2D eigenvalue weighted by molar-refractivity contribution is 9.10. The van der Waals surface area contributed by atoms with Crippen LogP contribution >= 0.6 is 15.9 Å². The second-order valence-electron chi connectivity index (χ2n) is 5.29. The molecular formula is C13H18BrN3O. The molecule has 2 heterocycles. The number of piperazine rings is 1. The van der Waals surface area contributed by atoms with Crippen LogP contribution in [0.15, 0.2) is 22.8 Å². The van der Waals surface area contributed by atoms with E-state index in [1.54, 1.807) is 6.20 Å². The molecule has 1 amide bonds. The van der Waals surface area contributed by atoms with Gasteiger partial charge in [-0.25, -0.2) is 4.98 Å². The lowest BCUT2D eigenvalue weighted by molar-refractivity contribution is 0.0306. The first-order chi connectivity index (χ1) is 8.42. The fraction of sp³-hybridized carbons (Fsp3) is 0.538. The smallest absolute Gasteiger partial charge is 0.273 e. The van der Waals surface area contributed by atoms with E-state index < -0.39 is 0 Å². The number of carbonyl (C=O) groups is 1. The monoisotopic (exact) mass is 311 g/mol. The maximum absolute atomic E-state index is 12.4. The van der Waals surface area contributed by atoms with E-state index in [0.717, 1.165) is 24.1 Å². The summed E-state index contributed by atoms with van der Waals surface area (Å²) >= 11 is 3.38. The van der Waals surface area contributed by atoms with Crippen molar-refractivity contribution in [2.24, 2.45) is 0 Å². The molecule has 1 aromatic heterocycles. The Morgan fingerprint density at radius 3 is 2.78 bits per heavy atom. The maximum atomic E-state index is 12.4.